The van der Waals surface area contributed by atoms with E-state index in [0.29, 0.717) is 0 Å². The first-order chi connectivity index (χ1) is 11.7. The summed E-state index contributed by atoms with van der Waals surface area (Å²) in [6.07, 6.45) is 0. The van der Waals surface area contributed by atoms with E-state index >= 15 is 0 Å². The van der Waals surface area contributed by atoms with E-state index in [4.69, 9.17) is 4.74 Å². The molecule has 5 heteroatoms. The van der Waals surface area contributed by atoms with E-state index in [1.165, 1.54) is 9.79 Å². The van der Waals surface area contributed by atoms with Gasteiger partial charge in [0.15, 0.2) is 0 Å². The lowest BCUT2D eigenvalue weighted by atomic mass is 10.1. The fourth-order valence-corrected chi connectivity index (χ4v) is 4.99. The van der Waals surface area contributed by atoms with E-state index < -0.39 is 0 Å². The summed E-state index contributed by atoms with van der Waals surface area (Å²) < 4.78 is 7.76. The minimum atomic E-state index is 0.854. The third-order valence-corrected chi connectivity index (χ3v) is 5.95. The molecule has 0 amide bonds. The summed E-state index contributed by atoms with van der Waals surface area (Å²) in [5, 5.41) is 0. The van der Waals surface area contributed by atoms with Gasteiger partial charge >= 0.3 is 0 Å². The van der Waals surface area contributed by atoms with Gasteiger partial charge < -0.3 is 9.64 Å². The number of fused-ring (bicyclic) bond motifs is 2. The van der Waals surface area contributed by atoms with Crippen LogP contribution in [0.5, 0.6) is 5.75 Å². The molecule has 0 saturated carbocycles. The summed E-state index contributed by atoms with van der Waals surface area (Å²) in [6, 6.07) is 20.9. The zero-order chi connectivity index (χ0) is 16.7. The molecule has 3 aromatic rings. The smallest absolute Gasteiger partial charge is 0.142 e. The fraction of sp³-hybridized carbons (Fsp3) is 0.0526. The predicted molar refractivity (Wildman–Crippen MR) is 107 cm³/mol. The summed E-state index contributed by atoms with van der Waals surface area (Å²) >= 11 is 8.95. The topological polar surface area (TPSA) is 12.5 Å². The summed E-state index contributed by atoms with van der Waals surface area (Å²) in [5.41, 5.74) is 3.34. The van der Waals surface area contributed by atoms with Crippen molar-refractivity contribution in [3.05, 3.63) is 69.6 Å². The van der Waals surface area contributed by atoms with Gasteiger partial charge in [-0.05, 0) is 48.5 Å². The van der Waals surface area contributed by atoms with Crippen LogP contribution in [0.25, 0.3) is 0 Å². The Labute approximate surface area is 162 Å². The second-order valence-electron chi connectivity index (χ2n) is 5.33. The van der Waals surface area contributed by atoms with Crippen LogP contribution < -0.4 is 9.64 Å². The van der Waals surface area contributed by atoms with Gasteiger partial charge in [-0.1, -0.05) is 55.8 Å². The Morgan fingerprint density at radius 3 is 1.96 bits per heavy atom. The van der Waals surface area contributed by atoms with Gasteiger partial charge in [0.2, 0.25) is 0 Å². The zero-order valence-corrected chi connectivity index (χ0v) is 16.8. The minimum absolute atomic E-state index is 0.854. The SMILES string of the molecule is COc1ccccc1N1c2ccc(Br)cc2Sc2cc(Br)ccc21. The Morgan fingerprint density at radius 1 is 0.792 bits per heavy atom. The molecular weight excluding hydrogens is 450 g/mol. The molecule has 120 valence electrons. The van der Waals surface area contributed by atoms with E-state index in [0.717, 1.165) is 31.8 Å². The van der Waals surface area contributed by atoms with Crippen LogP contribution in [0.4, 0.5) is 17.1 Å². The Bertz CT molecular complexity index is 877. The molecule has 0 bridgehead atoms. The number of benzene rings is 3. The molecule has 1 aliphatic rings. The van der Waals surface area contributed by atoms with Crippen molar-refractivity contribution in [2.45, 2.75) is 9.79 Å². The largest absolute Gasteiger partial charge is 0.495 e. The first kappa shape index (κ1) is 16.1. The number of halogens is 2. The Hall–Kier alpha value is -1.43. The number of methoxy groups -OCH3 is 1. The quantitative estimate of drug-likeness (QED) is 0.313. The number of para-hydroxylation sites is 2. The van der Waals surface area contributed by atoms with Gasteiger partial charge in [-0.15, -0.1) is 0 Å². The molecular formula is C19H13Br2NOS. The highest BCUT2D eigenvalue weighted by atomic mass is 79.9. The van der Waals surface area contributed by atoms with Crippen molar-refractivity contribution >= 4 is 60.7 Å². The maximum absolute atomic E-state index is 5.61. The molecule has 0 radical (unpaired) electrons. The average molecular weight is 463 g/mol. The summed E-state index contributed by atoms with van der Waals surface area (Å²) in [7, 11) is 1.71. The van der Waals surface area contributed by atoms with Crippen molar-refractivity contribution < 1.29 is 4.74 Å². The van der Waals surface area contributed by atoms with Gasteiger partial charge in [0.25, 0.3) is 0 Å². The Morgan fingerprint density at radius 2 is 1.38 bits per heavy atom. The number of nitrogens with zero attached hydrogens (tertiary/aromatic N) is 1. The minimum Gasteiger partial charge on any atom is -0.495 e. The highest BCUT2D eigenvalue weighted by Crippen LogP contribution is 2.53. The molecule has 0 atom stereocenters. The van der Waals surface area contributed by atoms with Crippen LogP contribution in [0.3, 0.4) is 0 Å². The molecule has 1 heterocycles. The Balaban J connectivity index is 1.99. The van der Waals surface area contributed by atoms with Crippen molar-refractivity contribution in [1.82, 2.24) is 0 Å². The van der Waals surface area contributed by atoms with Gasteiger partial charge in [-0.2, -0.15) is 0 Å². The maximum atomic E-state index is 5.61. The van der Waals surface area contributed by atoms with Crippen LogP contribution in [0.2, 0.25) is 0 Å². The first-order valence-electron chi connectivity index (χ1n) is 7.37. The summed E-state index contributed by atoms with van der Waals surface area (Å²) in [4.78, 5) is 4.68. The van der Waals surface area contributed by atoms with Crippen LogP contribution in [-0.4, -0.2) is 7.11 Å². The van der Waals surface area contributed by atoms with Gasteiger partial charge in [0, 0.05) is 18.7 Å². The van der Waals surface area contributed by atoms with E-state index in [1.807, 2.05) is 18.2 Å². The summed E-state index contributed by atoms with van der Waals surface area (Å²) in [5.74, 6) is 0.854. The molecule has 0 unspecified atom stereocenters. The number of hydrogen-bond acceptors (Lipinski definition) is 3. The molecule has 24 heavy (non-hydrogen) atoms. The van der Waals surface area contributed by atoms with Crippen LogP contribution in [0, 0.1) is 0 Å². The molecule has 2 nitrogen and oxygen atoms in total. The van der Waals surface area contributed by atoms with Gasteiger partial charge in [-0.25, -0.2) is 0 Å². The second-order valence-corrected chi connectivity index (χ2v) is 8.25. The van der Waals surface area contributed by atoms with Crippen LogP contribution in [0.15, 0.2) is 79.4 Å². The van der Waals surface area contributed by atoms with Crippen molar-refractivity contribution in [2.24, 2.45) is 0 Å². The third kappa shape index (κ3) is 2.75. The number of rotatable bonds is 2. The van der Waals surface area contributed by atoms with Crippen molar-refractivity contribution in [3.63, 3.8) is 0 Å². The normalized spacial score (nSPS) is 12.5. The van der Waals surface area contributed by atoms with Crippen molar-refractivity contribution in [3.8, 4) is 5.75 Å². The van der Waals surface area contributed by atoms with E-state index in [9.17, 15) is 0 Å². The molecule has 4 rings (SSSR count). The van der Waals surface area contributed by atoms with Gasteiger partial charge in [0.05, 0.1) is 24.2 Å². The highest BCUT2D eigenvalue weighted by molar-refractivity contribution is 9.10. The fourth-order valence-electron chi connectivity index (χ4n) is 2.83. The number of hydrogen-bond donors (Lipinski definition) is 0. The standard InChI is InChI=1S/C19H13Br2NOS/c1-23-17-5-3-2-4-14(17)22-15-8-6-12(20)10-18(15)24-19-11-13(21)7-9-16(19)22/h2-11H,1H3. The number of ether oxygens (including phenoxy) is 1. The first-order valence-corrected chi connectivity index (χ1v) is 9.78. The highest BCUT2D eigenvalue weighted by Gasteiger charge is 2.26. The molecule has 0 N–H and O–H groups in total. The molecule has 0 fully saturated rings. The third-order valence-electron chi connectivity index (χ3n) is 3.87. The zero-order valence-electron chi connectivity index (χ0n) is 12.8. The average Bonchev–Trinajstić information content (AvgIpc) is 2.59. The van der Waals surface area contributed by atoms with Gasteiger partial charge in [-0.3, -0.25) is 0 Å². The maximum Gasteiger partial charge on any atom is 0.142 e. The molecule has 3 aromatic carbocycles. The summed E-state index contributed by atoms with van der Waals surface area (Å²) in [6.45, 7) is 0. The van der Waals surface area contributed by atoms with Crippen LogP contribution >= 0.6 is 43.6 Å². The lowest BCUT2D eigenvalue weighted by molar-refractivity contribution is 0.416. The second kappa shape index (κ2) is 6.47. The molecule has 0 spiro atoms. The van der Waals surface area contributed by atoms with Crippen molar-refractivity contribution in [2.75, 3.05) is 12.0 Å². The molecule has 0 aliphatic carbocycles. The number of anilines is 3. The molecule has 0 aromatic heterocycles. The predicted octanol–water partition coefficient (Wildman–Crippen LogP) is 7.15. The monoisotopic (exact) mass is 461 g/mol. The van der Waals surface area contributed by atoms with Crippen LogP contribution in [0.1, 0.15) is 0 Å². The van der Waals surface area contributed by atoms with E-state index in [2.05, 4.69) is 79.2 Å². The van der Waals surface area contributed by atoms with E-state index in [-0.39, 0.29) is 0 Å². The van der Waals surface area contributed by atoms with Crippen LogP contribution in [-0.2, 0) is 0 Å². The van der Waals surface area contributed by atoms with E-state index in [1.54, 1.807) is 18.9 Å². The molecule has 0 saturated heterocycles. The van der Waals surface area contributed by atoms with Crippen molar-refractivity contribution in [1.29, 1.82) is 0 Å². The Kier molecular flexibility index (Phi) is 4.33. The van der Waals surface area contributed by atoms with Gasteiger partial charge in [0.1, 0.15) is 5.75 Å². The lowest BCUT2D eigenvalue weighted by Gasteiger charge is -2.33. The molecule has 1 aliphatic heterocycles. The lowest BCUT2D eigenvalue weighted by Crippen LogP contribution is -2.15.